The summed E-state index contributed by atoms with van der Waals surface area (Å²) in [6.45, 7) is 0. The average Bonchev–Trinajstić information content (AvgIpc) is 2.90. The number of fused-ring (bicyclic) bond motifs is 1. The molecule has 0 saturated carbocycles. The lowest BCUT2D eigenvalue weighted by atomic mass is 10.1. The molecule has 2 heterocycles. The van der Waals surface area contributed by atoms with Crippen LogP contribution >= 0.6 is 11.6 Å². The number of anilines is 1. The molecule has 0 fully saturated rings. The van der Waals surface area contributed by atoms with Crippen LogP contribution in [-0.2, 0) is 14.1 Å². The van der Waals surface area contributed by atoms with E-state index in [9.17, 15) is 0 Å². The molecule has 3 aromatic rings. The van der Waals surface area contributed by atoms with Crippen molar-refractivity contribution in [3.05, 3.63) is 29.4 Å². The number of benzene rings is 1. The smallest absolute Gasteiger partial charge is 0.138 e. The number of hydrogen-bond acceptors (Lipinski definition) is 3. The molecular formula is C14H15ClN4O. The zero-order valence-corrected chi connectivity index (χ0v) is 12.3. The second-order valence-corrected chi connectivity index (χ2v) is 5.14. The molecule has 0 aliphatic heterocycles. The summed E-state index contributed by atoms with van der Waals surface area (Å²) in [7, 11) is 5.40. The van der Waals surface area contributed by atoms with Crippen LogP contribution in [0.3, 0.4) is 0 Å². The first-order chi connectivity index (χ1) is 9.51. The second-order valence-electron chi connectivity index (χ2n) is 4.74. The summed E-state index contributed by atoms with van der Waals surface area (Å²) in [5.74, 6) is 1.27. The van der Waals surface area contributed by atoms with Crippen LogP contribution < -0.4 is 10.5 Å². The van der Waals surface area contributed by atoms with Gasteiger partial charge in [-0.1, -0.05) is 11.6 Å². The van der Waals surface area contributed by atoms with Gasteiger partial charge in [0, 0.05) is 37.3 Å². The van der Waals surface area contributed by atoms with Gasteiger partial charge in [0.25, 0.3) is 0 Å². The molecule has 3 rings (SSSR count). The van der Waals surface area contributed by atoms with Crippen molar-refractivity contribution in [3.8, 4) is 17.0 Å². The normalized spacial score (nSPS) is 11.2. The zero-order valence-electron chi connectivity index (χ0n) is 11.5. The quantitative estimate of drug-likeness (QED) is 0.789. The Kier molecular flexibility index (Phi) is 2.87. The Labute approximate surface area is 121 Å². The third-order valence-corrected chi connectivity index (χ3v) is 3.75. The maximum atomic E-state index is 6.18. The molecule has 1 aromatic carbocycles. The number of hydrogen-bond donors (Lipinski definition) is 1. The van der Waals surface area contributed by atoms with Gasteiger partial charge >= 0.3 is 0 Å². The zero-order chi connectivity index (χ0) is 14.4. The largest absolute Gasteiger partial charge is 0.495 e. The fraction of sp³-hybridized carbons (Fsp3) is 0.214. The van der Waals surface area contributed by atoms with E-state index >= 15 is 0 Å². The van der Waals surface area contributed by atoms with Gasteiger partial charge in [0.1, 0.15) is 11.6 Å². The molecule has 6 heteroatoms. The van der Waals surface area contributed by atoms with Gasteiger partial charge in [0.15, 0.2) is 0 Å². The molecule has 0 bridgehead atoms. The van der Waals surface area contributed by atoms with E-state index in [4.69, 9.17) is 22.1 Å². The van der Waals surface area contributed by atoms with E-state index in [1.54, 1.807) is 11.8 Å². The minimum absolute atomic E-state index is 0.591. The average molecular weight is 291 g/mol. The maximum Gasteiger partial charge on any atom is 0.138 e. The Morgan fingerprint density at radius 3 is 2.60 bits per heavy atom. The molecule has 20 heavy (non-hydrogen) atoms. The Morgan fingerprint density at radius 1 is 1.25 bits per heavy atom. The molecule has 0 amide bonds. The molecule has 0 spiro atoms. The first-order valence-electron chi connectivity index (χ1n) is 6.13. The van der Waals surface area contributed by atoms with Crippen LogP contribution in [0.1, 0.15) is 0 Å². The lowest BCUT2D eigenvalue weighted by molar-refractivity contribution is 0.415. The number of halogens is 1. The van der Waals surface area contributed by atoms with Crippen LogP contribution in [0.25, 0.3) is 22.2 Å². The highest BCUT2D eigenvalue weighted by Gasteiger charge is 2.15. The van der Waals surface area contributed by atoms with E-state index in [1.165, 1.54) is 0 Å². The van der Waals surface area contributed by atoms with Gasteiger partial charge in [-0.3, -0.25) is 4.68 Å². The highest BCUT2D eigenvalue weighted by molar-refractivity contribution is 6.33. The van der Waals surface area contributed by atoms with E-state index in [2.05, 4.69) is 5.10 Å². The van der Waals surface area contributed by atoms with Crippen molar-refractivity contribution in [1.29, 1.82) is 0 Å². The summed E-state index contributed by atoms with van der Waals surface area (Å²) >= 11 is 6.18. The van der Waals surface area contributed by atoms with Crippen molar-refractivity contribution in [2.24, 2.45) is 14.1 Å². The monoisotopic (exact) mass is 290 g/mol. The molecule has 104 valence electrons. The Bertz CT molecular complexity index is 784. The van der Waals surface area contributed by atoms with Gasteiger partial charge in [-0.15, -0.1) is 0 Å². The third-order valence-electron chi connectivity index (χ3n) is 3.45. The van der Waals surface area contributed by atoms with Crippen molar-refractivity contribution in [2.75, 3.05) is 12.8 Å². The Balaban J connectivity index is 2.30. The van der Waals surface area contributed by atoms with Gasteiger partial charge in [-0.25, -0.2) is 0 Å². The van der Waals surface area contributed by atoms with Crippen LogP contribution in [0, 0.1) is 0 Å². The number of aryl methyl sites for hydroxylation is 2. The van der Waals surface area contributed by atoms with Crippen LogP contribution in [0.5, 0.6) is 5.75 Å². The van der Waals surface area contributed by atoms with E-state index < -0.39 is 0 Å². The van der Waals surface area contributed by atoms with Crippen molar-refractivity contribution in [2.45, 2.75) is 0 Å². The van der Waals surface area contributed by atoms with Crippen molar-refractivity contribution >= 4 is 28.3 Å². The van der Waals surface area contributed by atoms with Gasteiger partial charge < -0.3 is 15.0 Å². The van der Waals surface area contributed by atoms with Crippen molar-refractivity contribution < 1.29 is 4.74 Å². The van der Waals surface area contributed by atoms with E-state index in [1.807, 2.05) is 43.1 Å². The highest BCUT2D eigenvalue weighted by Crippen LogP contribution is 2.36. The fourth-order valence-corrected chi connectivity index (χ4v) is 2.59. The molecule has 2 N–H and O–H groups in total. The van der Waals surface area contributed by atoms with Gasteiger partial charge in [-0.05, 0) is 12.1 Å². The molecule has 0 aliphatic rings. The van der Waals surface area contributed by atoms with Crippen LogP contribution in [-0.4, -0.2) is 21.5 Å². The first kappa shape index (κ1) is 12.9. The highest BCUT2D eigenvalue weighted by atomic mass is 35.5. The van der Waals surface area contributed by atoms with E-state index in [0.717, 1.165) is 22.2 Å². The number of aromatic nitrogens is 3. The predicted octanol–water partition coefficient (Wildman–Crippen LogP) is 2.82. The summed E-state index contributed by atoms with van der Waals surface area (Å²) in [5, 5.41) is 6.05. The summed E-state index contributed by atoms with van der Waals surface area (Å²) in [4.78, 5) is 0. The minimum Gasteiger partial charge on any atom is -0.495 e. The number of rotatable bonds is 2. The lowest BCUT2D eigenvalue weighted by Gasteiger charge is -2.04. The van der Waals surface area contributed by atoms with E-state index in [0.29, 0.717) is 16.6 Å². The summed E-state index contributed by atoms with van der Waals surface area (Å²) in [6, 6.07) is 5.68. The van der Waals surface area contributed by atoms with Gasteiger partial charge in [0.05, 0.1) is 23.3 Å². The Hall–Kier alpha value is -2.14. The molecule has 0 unspecified atom stereocenters. The van der Waals surface area contributed by atoms with Crippen molar-refractivity contribution in [3.63, 3.8) is 0 Å². The first-order valence-corrected chi connectivity index (χ1v) is 6.51. The van der Waals surface area contributed by atoms with Crippen LogP contribution in [0.15, 0.2) is 24.4 Å². The number of ether oxygens (including phenoxy) is 1. The standard InChI is InChI=1S/C14H15ClN4O/c1-18-7-9(11-6-14(16)19(2)17-11)8-4-13(20-3)10(15)5-12(8)18/h4-7H,16H2,1-3H3. The SMILES string of the molecule is COc1cc2c(-c3cc(N)n(C)n3)cn(C)c2cc1Cl. The maximum absolute atomic E-state index is 6.18. The summed E-state index contributed by atoms with van der Waals surface area (Å²) < 4.78 is 8.96. The number of nitrogens with zero attached hydrogens (tertiary/aromatic N) is 3. The van der Waals surface area contributed by atoms with E-state index in [-0.39, 0.29) is 0 Å². The van der Waals surface area contributed by atoms with Crippen molar-refractivity contribution in [1.82, 2.24) is 14.3 Å². The fourth-order valence-electron chi connectivity index (χ4n) is 2.36. The van der Waals surface area contributed by atoms with Crippen LogP contribution in [0.2, 0.25) is 5.02 Å². The topological polar surface area (TPSA) is 58.0 Å². The molecule has 2 aromatic heterocycles. The molecule has 0 atom stereocenters. The molecule has 5 nitrogen and oxygen atoms in total. The second kappa shape index (κ2) is 4.45. The number of nitrogen functional groups attached to an aromatic ring is 1. The lowest BCUT2D eigenvalue weighted by Crippen LogP contribution is -1.96. The number of methoxy groups -OCH3 is 1. The van der Waals surface area contributed by atoms with Gasteiger partial charge in [-0.2, -0.15) is 5.10 Å². The molecule has 0 saturated heterocycles. The molecule has 0 radical (unpaired) electrons. The molecule has 0 aliphatic carbocycles. The third kappa shape index (κ3) is 1.82. The summed E-state index contributed by atoms with van der Waals surface area (Å²) in [5.41, 5.74) is 8.72. The number of nitrogens with two attached hydrogens (primary N) is 1. The minimum atomic E-state index is 0.591. The van der Waals surface area contributed by atoms with Crippen LogP contribution in [0.4, 0.5) is 5.82 Å². The Morgan fingerprint density at radius 2 is 2.00 bits per heavy atom. The molecular weight excluding hydrogens is 276 g/mol. The van der Waals surface area contributed by atoms with Gasteiger partial charge in [0.2, 0.25) is 0 Å². The predicted molar refractivity (Wildman–Crippen MR) is 81.1 cm³/mol. The summed E-state index contributed by atoms with van der Waals surface area (Å²) in [6.07, 6.45) is 2.02.